The highest BCUT2D eigenvalue weighted by atomic mass is 16.2. The van der Waals surface area contributed by atoms with Gasteiger partial charge < -0.3 is 5.32 Å². The van der Waals surface area contributed by atoms with E-state index in [1.807, 2.05) is 0 Å². The maximum atomic E-state index is 12.5. The summed E-state index contributed by atoms with van der Waals surface area (Å²) in [6.45, 7) is 6.24. The number of imide groups is 1. The summed E-state index contributed by atoms with van der Waals surface area (Å²) in [4.78, 5) is 26.7. The van der Waals surface area contributed by atoms with E-state index in [4.69, 9.17) is 0 Å². The SMILES string of the molecule is CC1CC2C(=O)N(C(C)C3CCNCC3)C(=O)C2C1. The van der Waals surface area contributed by atoms with Crippen molar-refractivity contribution in [2.75, 3.05) is 13.1 Å². The monoisotopic (exact) mass is 264 g/mol. The van der Waals surface area contributed by atoms with Gasteiger partial charge in [0.1, 0.15) is 0 Å². The Kier molecular flexibility index (Phi) is 3.37. The Bertz CT molecular complexity index is 366. The van der Waals surface area contributed by atoms with E-state index in [0.29, 0.717) is 11.8 Å². The maximum Gasteiger partial charge on any atom is 0.233 e. The average molecular weight is 264 g/mol. The Morgan fingerprint density at radius 2 is 1.63 bits per heavy atom. The fraction of sp³-hybridized carbons (Fsp3) is 0.867. The van der Waals surface area contributed by atoms with Gasteiger partial charge in [0.2, 0.25) is 11.8 Å². The Morgan fingerprint density at radius 3 is 2.16 bits per heavy atom. The number of nitrogens with one attached hydrogen (secondary N) is 1. The zero-order valence-electron chi connectivity index (χ0n) is 11.9. The highest BCUT2D eigenvalue weighted by Crippen LogP contribution is 2.44. The van der Waals surface area contributed by atoms with E-state index in [9.17, 15) is 9.59 Å². The zero-order chi connectivity index (χ0) is 13.6. The van der Waals surface area contributed by atoms with Crippen molar-refractivity contribution in [2.24, 2.45) is 23.7 Å². The number of amides is 2. The van der Waals surface area contributed by atoms with Gasteiger partial charge in [-0.05, 0) is 57.5 Å². The molecular formula is C15H24N2O2. The number of nitrogens with zero attached hydrogens (tertiary/aromatic N) is 1. The van der Waals surface area contributed by atoms with Crippen LogP contribution in [0.15, 0.2) is 0 Å². The summed E-state index contributed by atoms with van der Waals surface area (Å²) in [6.07, 6.45) is 3.96. The predicted octanol–water partition coefficient (Wildman–Crippen LogP) is 1.41. The Morgan fingerprint density at radius 1 is 1.11 bits per heavy atom. The molecule has 19 heavy (non-hydrogen) atoms. The van der Waals surface area contributed by atoms with Gasteiger partial charge in [-0.3, -0.25) is 14.5 Å². The molecular weight excluding hydrogens is 240 g/mol. The molecule has 0 bridgehead atoms. The van der Waals surface area contributed by atoms with Gasteiger partial charge in [-0.2, -0.15) is 0 Å². The number of piperidine rings is 1. The zero-order valence-corrected chi connectivity index (χ0v) is 11.9. The van der Waals surface area contributed by atoms with E-state index in [2.05, 4.69) is 19.2 Å². The molecule has 1 N–H and O–H groups in total. The van der Waals surface area contributed by atoms with Gasteiger partial charge in [0.25, 0.3) is 0 Å². The minimum Gasteiger partial charge on any atom is -0.317 e. The molecule has 0 aromatic rings. The largest absolute Gasteiger partial charge is 0.317 e. The van der Waals surface area contributed by atoms with Crippen molar-refractivity contribution >= 4 is 11.8 Å². The number of carbonyl (C=O) groups excluding carboxylic acids is 2. The van der Waals surface area contributed by atoms with Gasteiger partial charge >= 0.3 is 0 Å². The van der Waals surface area contributed by atoms with Crippen molar-refractivity contribution in [1.82, 2.24) is 10.2 Å². The first-order chi connectivity index (χ1) is 9.09. The molecule has 0 radical (unpaired) electrons. The number of hydrogen-bond donors (Lipinski definition) is 1. The van der Waals surface area contributed by atoms with E-state index in [1.54, 1.807) is 4.90 Å². The number of likely N-dealkylation sites (tertiary alicyclic amines) is 1. The number of hydrogen-bond acceptors (Lipinski definition) is 3. The van der Waals surface area contributed by atoms with Crippen molar-refractivity contribution in [1.29, 1.82) is 0 Å². The first-order valence-electron chi connectivity index (χ1n) is 7.67. The minimum absolute atomic E-state index is 0.00772. The first-order valence-corrected chi connectivity index (χ1v) is 7.67. The third kappa shape index (κ3) is 2.10. The predicted molar refractivity (Wildman–Crippen MR) is 72.3 cm³/mol. The van der Waals surface area contributed by atoms with Crippen LogP contribution in [-0.2, 0) is 9.59 Å². The first kappa shape index (κ1) is 13.1. The molecule has 3 rings (SSSR count). The van der Waals surface area contributed by atoms with Gasteiger partial charge in [-0.25, -0.2) is 0 Å². The van der Waals surface area contributed by atoms with E-state index in [1.165, 1.54) is 0 Å². The molecule has 2 heterocycles. The molecule has 4 nitrogen and oxygen atoms in total. The topological polar surface area (TPSA) is 49.4 Å². The lowest BCUT2D eigenvalue weighted by molar-refractivity contribution is -0.144. The lowest BCUT2D eigenvalue weighted by Gasteiger charge is -2.34. The minimum atomic E-state index is -0.00772. The highest BCUT2D eigenvalue weighted by molar-refractivity contribution is 6.05. The van der Waals surface area contributed by atoms with Crippen molar-refractivity contribution in [3.05, 3.63) is 0 Å². The van der Waals surface area contributed by atoms with Gasteiger partial charge in [0, 0.05) is 6.04 Å². The van der Waals surface area contributed by atoms with Gasteiger partial charge in [0.05, 0.1) is 11.8 Å². The summed E-state index contributed by atoms with van der Waals surface area (Å²) in [7, 11) is 0. The summed E-state index contributed by atoms with van der Waals surface area (Å²) in [5.41, 5.74) is 0. The molecule has 2 amide bonds. The average Bonchev–Trinajstić information content (AvgIpc) is 2.90. The molecule has 0 aromatic heterocycles. The molecule has 3 aliphatic rings. The molecule has 0 spiro atoms. The molecule has 1 saturated carbocycles. The summed E-state index contributed by atoms with van der Waals surface area (Å²) in [5, 5.41) is 3.34. The smallest absolute Gasteiger partial charge is 0.233 e. The standard InChI is InChI=1S/C15H24N2O2/c1-9-7-12-13(8-9)15(19)17(14(12)18)10(2)11-3-5-16-6-4-11/h9-13,16H,3-8H2,1-2H3. The van der Waals surface area contributed by atoms with Crippen LogP contribution in [0.4, 0.5) is 0 Å². The Labute approximate surface area is 114 Å². The molecule has 3 atom stereocenters. The normalized spacial score (nSPS) is 37.8. The van der Waals surface area contributed by atoms with Gasteiger partial charge in [-0.1, -0.05) is 6.92 Å². The van der Waals surface area contributed by atoms with Crippen LogP contribution in [0.1, 0.15) is 39.5 Å². The second-order valence-corrected chi connectivity index (χ2v) is 6.66. The Balaban J connectivity index is 1.74. The van der Waals surface area contributed by atoms with Crippen LogP contribution >= 0.6 is 0 Å². The second kappa shape index (κ2) is 4.89. The fourth-order valence-electron chi connectivity index (χ4n) is 4.24. The molecule has 4 heteroatoms. The van der Waals surface area contributed by atoms with Crippen LogP contribution in [-0.4, -0.2) is 35.8 Å². The van der Waals surface area contributed by atoms with Crippen LogP contribution in [0.5, 0.6) is 0 Å². The molecule has 3 unspecified atom stereocenters. The van der Waals surface area contributed by atoms with Crippen LogP contribution in [0.25, 0.3) is 0 Å². The van der Waals surface area contributed by atoms with E-state index < -0.39 is 0 Å². The number of fused-ring (bicyclic) bond motifs is 1. The summed E-state index contributed by atoms with van der Waals surface area (Å²) < 4.78 is 0. The highest BCUT2D eigenvalue weighted by Gasteiger charge is 2.53. The van der Waals surface area contributed by atoms with Gasteiger partial charge in [-0.15, -0.1) is 0 Å². The third-order valence-corrected chi connectivity index (χ3v) is 5.38. The van der Waals surface area contributed by atoms with E-state index >= 15 is 0 Å². The van der Waals surface area contributed by atoms with Crippen molar-refractivity contribution in [3.8, 4) is 0 Å². The fourth-order valence-corrected chi connectivity index (χ4v) is 4.24. The lowest BCUT2D eigenvalue weighted by atomic mass is 9.90. The van der Waals surface area contributed by atoms with Crippen LogP contribution in [0, 0.1) is 23.7 Å². The second-order valence-electron chi connectivity index (χ2n) is 6.66. The van der Waals surface area contributed by atoms with Crippen LogP contribution in [0.3, 0.4) is 0 Å². The summed E-state index contributed by atoms with van der Waals surface area (Å²) >= 11 is 0. The molecule has 106 valence electrons. The van der Waals surface area contributed by atoms with Crippen molar-refractivity contribution in [2.45, 2.75) is 45.6 Å². The number of rotatable bonds is 2. The third-order valence-electron chi connectivity index (χ3n) is 5.38. The van der Waals surface area contributed by atoms with E-state index in [-0.39, 0.29) is 29.7 Å². The maximum absolute atomic E-state index is 12.5. The summed E-state index contributed by atoms with van der Waals surface area (Å²) in [6, 6.07) is 0.0861. The quantitative estimate of drug-likeness (QED) is 0.767. The van der Waals surface area contributed by atoms with Gasteiger partial charge in [0.15, 0.2) is 0 Å². The van der Waals surface area contributed by atoms with Crippen LogP contribution in [0.2, 0.25) is 0 Å². The lowest BCUT2D eigenvalue weighted by Crippen LogP contribution is -2.46. The molecule has 3 fully saturated rings. The van der Waals surface area contributed by atoms with Crippen molar-refractivity contribution in [3.63, 3.8) is 0 Å². The molecule has 1 aliphatic carbocycles. The Hall–Kier alpha value is -0.900. The van der Waals surface area contributed by atoms with Crippen LogP contribution < -0.4 is 5.32 Å². The van der Waals surface area contributed by atoms with E-state index in [0.717, 1.165) is 38.8 Å². The molecule has 2 saturated heterocycles. The molecule has 0 aromatic carbocycles. The molecule has 2 aliphatic heterocycles. The summed E-state index contributed by atoms with van der Waals surface area (Å²) in [5.74, 6) is 1.22. The van der Waals surface area contributed by atoms with Crippen molar-refractivity contribution < 1.29 is 9.59 Å². The number of carbonyl (C=O) groups is 2.